The molecule has 358 valence electrons. The zero-order valence-electron chi connectivity index (χ0n) is 39.6. The number of anilines is 1. The van der Waals surface area contributed by atoms with Crippen LogP contribution in [0.3, 0.4) is 0 Å². The smallest absolute Gasteiger partial charge is 0.207 e. The number of nitrogens with zero attached hydrogens (tertiary/aromatic N) is 1. The molecule has 8 rings (SSSR count). The van der Waals surface area contributed by atoms with E-state index in [1.807, 2.05) is 25.3 Å². The van der Waals surface area contributed by atoms with E-state index in [4.69, 9.17) is 14.2 Å². The summed E-state index contributed by atoms with van der Waals surface area (Å²) < 4.78 is 18.3. The van der Waals surface area contributed by atoms with Gasteiger partial charge in [0.25, 0.3) is 0 Å². The van der Waals surface area contributed by atoms with Gasteiger partial charge < -0.3 is 45.3 Å². The molecule has 4 saturated carbocycles. The molecule has 11 atom stereocenters. The maximum atomic E-state index is 15.4. The zero-order valence-corrected chi connectivity index (χ0v) is 39.6. The molecule has 0 saturated heterocycles. The van der Waals surface area contributed by atoms with Crippen LogP contribution in [-0.4, -0.2) is 85.0 Å². The van der Waals surface area contributed by atoms with Crippen molar-refractivity contribution in [3.8, 4) is 35.0 Å². The summed E-state index contributed by atoms with van der Waals surface area (Å²) in [6, 6.07) is 12.8. The Morgan fingerprint density at radius 2 is 1.85 bits per heavy atom. The monoisotopic (exact) mass is 907 g/mol. The molecule has 2 aromatic carbocycles. The summed E-state index contributed by atoms with van der Waals surface area (Å²) >= 11 is 0. The van der Waals surface area contributed by atoms with Gasteiger partial charge in [0.1, 0.15) is 5.60 Å². The highest BCUT2D eigenvalue weighted by Gasteiger charge is 2.57. The number of benzene rings is 2. The molecule has 0 aromatic heterocycles. The number of likely N-dealkylation sites (N-methyl/N-ethyl adjacent to an activating group) is 1. The SMILES string of the molecule is CC[C@H]1C=C[C@@H]2C[C@@H]3CCC[C@@]34c3cc(c(O)c(O[C@]5(CNC)CC[C@@H](C[C@H](O)OCCCO)C5)c3)NC(=NC)NC#CC[C@@H]3CCC[C@@]3(Cc3ccc(O)c(OC)c3)C(=O)/C=C/[C@@H]4[C@@H]2C1. The summed E-state index contributed by atoms with van der Waals surface area (Å²) in [5, 5.41) is 52.8. The molecule has 1 aliphatic heterocycles. The quantitative estimate of drug-likeness (QED) is 0.0321. The summed E-state index contributed by atoms with van der Waals surface area (Å²) in [4.78, 5) is 20.0. The van der Waals surface area contributed by atoms with Gasteiger partial charge in [-0.3, -0.25) is 15.1 Å². The number of carbonyl (C=O) groups is 1. The molecule has 12 heteroatoms. The Labute approximate surface area is 392 Å². The van der Waals surface area contributed by atoms with E-state index >= 15 is 4.79 Å². The highest BCUT2D eigenvalue weighted by molar-refractivity contribution is 5.97. The Morgan fingerprint density at radius 3 is 2.64 bits per heavy atom. The van der Waals surface area contributed by atoms with E-state index in [0.717, 1.165) is 81.8 Å². The van der Waals surface area contributed by atoms with Gasteiger partial charge in [0, 0.05) is 49.9 Å². The number of hydrogen-bond acceptors (Lipinski definition) is 10. The van der Waals surface area contributed by atoms with Gasteiger partial charge in [-0.15, -0.1) is 0 Å². The third-order valence-electron chi connectivity index (χ3n) is 16.8. The van der Waals surface area contributed by atoms with E-state index in [-0.39, 0.29) is 47.1 Å². The number of aliphatic imine (C=N–C) groups is 1. The molecular weight excluding hydrogens is 833 g/mol. The van der Waals surface area contributed by atoms with Gasteiger partial charge in [-0.05, 0) is 167 Å². The van der Waals surface area contributed by atoms with Crippen LogP contribution >= 0.6 is 0 Å². The van der Waals surface area contributed by atoms with Crippen LogP contribution in [0.15, 0.2) is 59.6 Å². The Bertz CT molecular complexity index is 2200. The summed E-state index contributed by atoms with van der Waals surface area (Å²) in [6.07, 6.45) is 21.3. The first-order chi connectivity index (χ1) is 32.0. The number of rotatable bonds is 14. The van der Waals surface area contributed by atoms with Crippen LogP contribution in [0.1, 0.15) is 114 Å². The van der Waals surface area contributed by atoms with Crippen molar-refractivity contribution < 1.29 is 39.4 Å². The second-order valence-electron chi connectivity index (χ2n) is 20.4. The van der Waals surface area contributed by atoms with Crippen LogP contribution in [-0.2, 0) is 21.4 Å². The van der Waals surface area contributed by atoms with Crippen LogP contribution in [0, 0.1) is 58.8 Å². The molecule has 1 heterocycles. The first kappa shape index (κ1) is 47.9. The average Bonchev–Trinajstić information content (AvgIpc) is 4.05. The first-order valence-corrected chi connectivity index (χ1v) is 24.9. The van der Waals surface area contributed by atoms with Gasteiger partial charge in [-0.2, -0.15) is 0 Å². The number of allylic oxidation sites excluding steroid dienone is 4. The standard InChI is InChI=1S/C54H74N4O8/c1-5-35-13-15-38-29-40-11-7-21-54(40)41-30-44(50(63)47(31-41)66-52(34-55-2)22-19-37(32-52)28-49(62)65-25-9-24-59)58-51(56-3)57-23-8-12-39-10-6-20-53(39,48(61)18-16-43(54)42(38)26-35)33-36-14-17-45(60)46(27-36)64-4/h13-18,27,30-31,35,37-40,42-43,49,55,59-60,62-63H,5-7,9-12,19-22,24-26,28-29,32-34H2,1-4H3,(H2,56,57,58)/b18-16+/t35-,37-,38+,39-,40-,42+,43+,49+,52+,53-,54-/m0/s1. The van der Waals surface area contributed by atoms with Crippen LogP contribution in [0.4, 0.5) is 5.69 Å². The van der Waals surface area contributed by atoms with Crippen molar-refractivity contribution in [1.82, 2.24) is 10.6 Å². The number of hydrogen-bond donors (Lipinski definition) is 7. The number of guanidine groups is 1. The van der Waals surface area contributed by atoms with E-state index in [9.17, 15) is 20.4 Å². The Morgan fingerprint density at radius 1 is 1.02 bits per heavy atom. The van der Waals surface area contributed by atoms with Gasteiger partial charge in [0.05, 0.1) is 19.4 Å². The number of phenolic OH excluding ortho intramolecular Hbond substituents is 2. The molecule has 66 heavy (non-hydrogen) atoms. The van der Waals surface area contributed by atoms with E-state index < -0.39 is 17.3 Å². The number of ketones is 1. The van der Waals surface area contributed by atoms with Crippen molar-refractivity contribution in [3.05, 3.63) is 65.8 Å². The number of phenols is 2. The molecule has 12 nitrogen and oxygen atoms in total. The number of nitrogens with one attached hydrogen (secondary N) is 3. The van der Waals surface area contributed by atoms with Crippen molar-refractivity contribution in [3.63, 3.8) is 0 Å². The van der Waals surface area contributed by atoms with Gasteiger partial charge in [0.2, 0.25) is 5.96 Å². The van der Waals surface area contributed by atoms with Crippen LogP contribution in [0.2, 0.25) is 0 Å². The highest BCUT2D eigenvalue weighted by atomic mass is 16.6. The maximum absolute atomic E-state index is 15.4. The van der Waals surface area contributed by atoms with Crippen molar-refractivity contribution in [2.75, 3.05) is 46.3 Å². The average molecular weight is 907 g/mol. The van der Waals surface area contributed by atoms with Crippen LogP contribution in [0.25, 0.3) is 0 Å². The number of aliphatic hydroxyl groups excluding tert-OH is 2. The zero-order chi connectivity index (χ0) is 46.5. The van der Waals surface area contributed by atoms with Crippen molar-refractivity contribution in [1.29, 1.82) is 0 Å². The highest BCUT2D eigenvalue weighted by Crippen LogP contribution is 2.64. The lowest BCUT2D eigenvalue weighted by molar-refractivity contribution is -0.125. The number of aromatic hydroxyl groups is 2. The predicted octanol–water partition coefficient (Wildman–Crippen LogP) is 8.13. The number of methoxy groups -OCH3 is 1. The van der Waals surface area contributed by atoms with Crippen LogP contribution < -0.4 is 25.4 Å². The van der Waals surface area contributed by atoms with E-state index in [2.05, 4.69) is 70.2 Å². The number of ether oxygens (including phenoxy) is 3. The molecule has 0 unspecified atom stereocenters. The minimum Gasteiger partial charge on any atom is -0.504 e. The molecular formula is C54H74N4O8. The lowest BCUT2D eigenvalue weighted by atomic mass is 9.50. The predicted molar refractivity (Wildman–Crippen MR) is 257 cm³/mol. The second kappa shape index (κ2) is 20.8. The normalized spacial score (nSPS) is 34.2. The summed E-state index contributed by atoms with van der Waals surface area (Å²) in [7, 11) is 5.16. The largest absolute Gasteiger partial charge is 0.504 e. The maximum Gasteiger partial charge on any atom is 0.207 e. The van der Waals surface area contributed by atoms with Crippen molar-refractivity contribution in [2.45, 2.75) is 127 Å². The fourth-order valence-electron chi connectivity index (χ4n) is 13.6. The Balaban J connectivity index is 1.24. The lowest BCUT2D eigenvalue weighted by Gasteiger charge is -2.54. The first-order valence-electron chi connectivity index (χ1n) is 24.9. The lowest BCUT2D eigenvalue weighted by Crippen LogP contribution is -2.50. The molecule has 7 N–H and O–H groups in total. The third-order valence-corrected chi connectivity index (χ3v) is 16.8. The van der Waals surface area contributed by atoms with Crippen LogP contribution in [0.5, 0.6) is 23.0 Å². The third kappa shape index (κ3) is 9.60. The molecule has 0 amide bonds. The van der Waals surface area contributed by atoms with Gasteiger partial charge in [-0.25, -0.2) is 0 Å². The fraction of sp³-hybridized carbons (Fsp3) is 0.630. The molecule has 1 spiro atoms. The van der Waals surface area contributed by atoms with Crippen molar-refractivity contribution in [2.24, 2.45) is 51.8 Å². The van der Waals surface area contributed by atoms with Crippen molar-refractivity contribution >= 4 is 17.4 Å². The van der Waals surface area contributed by atoms with E-state index in [0.29, 0.717) is 92.1 Å². The Kier molecular flexibility index (Phi) is 15.1. The van der Waals surface area contributed by atoms with Gasteiger partial charge >= 0.3 is 0 Å². The topological polar surface area (TPSA) is 174 Å². The molecule has 6 aliphatic rings. The Hall–Kier alpha value is -4.54. The number of carbonyl (C=O) groups excluding carboxylic acids is 1. The number of fused-ring (bicyclic) bond motifs is 5. The van der Waals surface area contributed by atoms with E-state index in [1.165, 1.54) is 0 Å². The summed E-state index contributed by atoms with van der Waals surface area (Å²) in [5.41, 5.74) is 0.854. The summed E-state index contributed by atoms with van der Waals surface area (Å²) in [5.74, 6) is 6.48. The van der Waals surface area contributed by atoms with Gasteiger partial charge in [-0.1, -0.05) is 50.0 Å². The molecule has 2 aromatic rings. The van der Waals surface area contributed by atoms with E-state index in [1.54, 1.807) is 20.2 Å². The molecule has 2 bridgehead atoms. The van der Waals surface area contributed by atoms with Gasteiger partial charge in [0.15, 0.2) is 35.1 Å². The molecule has 4 fully saturated rings. The molecule has 0 radical (unpaired) electrons. The molecule has 5 aliphatic carbocycles. The fourth-order valence-corrected chi connectivity index (χ4v) is 13.6. The summed E-state index contributed by atoms with van der Waals surface area (Å²) in [6.45, 7) is 3.13. The number of aliphatic hydroxyl groups is 2. The minimum atomic E-state index is -0.930. The second-order valence-corrected chi connectivity index (χ2v) is 20.4. The minimum absolute atomic E-state index is 0.00257.